The fourth-order valence-corrected chi connectivity index (χ4v) is 1.75. The van der Waals surface area contributed by atoms with E-state index in [-0.39, 0.29) is 6.01 Å². The van der Waals surface area contributed by atoms with Crippen LogP contribution in [-0.4, -0.2) is 29.1 Å². The van der Waals surface area contributed by atoms with Gasteiger partial charge in [-0.1, -0.05) is 0 Å². The Morgan fingerprint density at radius 2 is 1.82 bits per heavy atom. The Hall–Kier alpha value is -2.83. The normalized spacial score (nSPS) is 10.1. The first-order chi connectivity index (χ1) is 10.6. The van der Waals surface area contributed by atoms with E-state index >= 15 is 0 Å². The molecular formula is C15H18N4O3. The van der Waals surface area contributed by atoms with Crippen molar-refractivity contribution in [3.8, 4) is 11.9 Å². The molecule has 0 saturated heterocycles. The monoisotopic (exact) mass is 302 g/mol. The molecule has 0 atom stereocenters. The van der Waals surface area contributed by atoms with E-state index in [1.54, 1.807) is 30.3 Å². The Labute approximate surface area is 128 Å². The number of aromatic nitrogens is 2. The number of primary amides is 1. The van der Waals surface area contributed by atoms with E-state index in [1.165, 1.54) is 0 Å². The van der Waals surface area contributed by atoms with E-state index in [4.69, 9.17) is 15.2 Å². The standard InChI is InChI=1S/C15H18N4O3/c1-3-21-13-9-12(18-15(19-13)22-4-2)17-11-7-5-10(6-8-11)14(16)20/h5-9H,3-4H2,1-2H3,(H2,16,20)(H,17,18,19). The lowest BCUT2D eigenvalue weighted by molar-refractivity contribution is 0.100. The average molecular weight is 302 g/mol. The molecule has 116 valence electrons. The highest BCUT2D eigenvalue weighted by Gasteiger charge is 2.07. The minimum absolute atomic E-state index is 0.240. The molecule has 7 nitrogen and oxygen atoms in total. The highest BCUT2D eigenvalue weighted by atomic mass is 16.5. The lowest BCUT2D eigenvalue weighted by atomic mass is 10.2. The van der Waals surface area contributed by atoms with E-state index < -0.39 is 5.91 Å². The van der Waals surface area contributed by atoms with Gasteiger partial charge in [0.05, 0.1) is 13.2 Å². The maximum Gasteiger partial charge on any atom is 0.321 e. The topological polar surface area (TPSA) is 99.4 Å². The minimum Gasteiger partial charge on any atom is -0.478 e. The number of nitrogens with two attached hydrogens (primary N) is 1. The number of rotatable bonds is 7. The van der Waals surface area contributed by atoms with Gasteiger partial charge in [0.2, 0.25) is 11.8 Å². The van der Waals surface area contributed by atoms with Crippen LogP contribution in [-0.2, 0) is 0 Å². The summed E-state index contributed by atoms with van der Waals surface area (Å²) < 4.78 is 10.7. The number of nitrogens with one attached hydrogen (secondary N) is 1. The molecule has 2 rings (SSSR count). The predicted octanol–water partition coefficient (Wildman–Crippen LogP) is 2.12. The predicted molar refractivity (Wildman–Crippen MR) is 82.6 cm³/mol. The van der Waals surface area contributed by atoms with Gasteiger partial charge in [0.1, 0.15) is 5.82 Å². The van der Waals surface area contributed by atoms with Crippen LogP contribution in [0.25, 0.3) is 0 Å². The van der Waals surface area contributed by atoms with Gasteiger partial charge in [-0.2, -0.15) is 9.97 Å². The zero-order chi connectivity index (χ0) is 15.9. The first-order valence-corrected chi connectivity index (χ1v) is 6.94. The molecule has 0 spiro atoms. The Morgan fingerprint density at radius 3 is 2.41 bits per heavy atom. The minimum atomic E-state index is -0.467. The van der Waals surface area contributed by atoms with Crippen molar-refractivity contribution in [3.05, 3.63) is 35.9 Å². The molecule has 0 fully saturated rings. The van der Waals surface area contributed by atoms with E-state index in [0.717, 1.165) is 5.69 Å². The van der Waals surface area contributed by atoms with Crippen LogP contribution in [0, 0.1) is 0 Å². The number of benzene rings is 1. The van der Waals surface area contributed by atoms with Gasteiger partial charge in [0.25, 0.3) is 0 Å². The first kappa shape index (κ1) is 15.6. The molecule has 0 saturated carbocycles. The summed E-state index contributed by atoms with van der Waals surface area (Å²) in [7, 11) is 0. The molecule has 0 bridgehead atoms. The van der Waals surface area contributed by atoms with Gasteiger partial charge in [-0.05, 0) is 38.1 Å². The van der Waals surface area contributed by atoms with Gasteiger partial charge in [-0.25, -0.2) is 0 Å². The summed E-state index contributed by atoms with van der Waals surface area (Å²) in [6.07, 6.45) is 0. The van der Waals surface area contributed by atoms with Crippen molar-refractivity contribution >= 4 is 17.4 Å². The number of anilines is 2. The maximum absolute atomic E-state index is 11.1. The maximum atomic E-state index is 11.1. The van der Waals surface area contributed by atoms with Gasteiger partial charge in [-0.3, -0.25) is 4.79 Å². The summed E-state index contributed by atoms with van der Waals surface area (Å²) in [4.78, 5) is 19.4. The second kappa shape index (κ2) is 7.26. The quantitative estimate of drug-likeness (QED) is 0.812. The number of amides is 1. The van der Waals surface area contributed by atoms with Crippen LogP contribution in [0.4, 0.5) is 11.5 Å². The molecule has 0 radical (unpaired) electrons. The van der Waals surface area contributed by atoms with Crippen molar-refractivity contribution in [1.82, 2.24) is 9.97 Å². The molecule has 1 heterocycles. The second-order valence-corrected chi connectivity index (χ2v) is 4.31. The fourth-order valence-electron chi connectivity index (χ4n) is 1.75. The van der Waals surface area contributed by atoms with Crippen LogP contribution >= 0.6 is 0 Å². The summed E-state index contributed by atoms with van der Waals surface area (Å²) >= 11 is 0. The Morgan fingerprint density at radius 1 is 1.14 bits per heavy atom. The molecule has 3 N–H and O–H groups in total. The molecule has 1 amide bonds. The van der Waals surface area contributed by atoms with Gasteiger partial charge in [0, 0.05) is 17.3 Å². The van der Waals surface area contributed by atoms with Gasteiger partial charge in [0.15, 0.2) is 0 Å². The molecule has 22 heavy (non-hydrogen) atoms. The number of hydrogen-bond donors (Lipinski definition) is 2. The summed E-state index contributed by atoms with van der Waals surface area (Å²) in [5, 5.41) is 3.10. The van der Waals surface area contributed by atoms with Gasteiger partial charge >= 0.3 is 6.01 Å². The van der Waals surface area contributed by atoms with Crippen molar-refractivity contribution in [2.45, 2.75) is 13.8 Å². The van der Waals surface area contributed by atoms with Crippen LogP contribution in [0.15, 0.2) is 30.3 Å². The highest BCUT2D eigenvalue weighted by molar-refractivity contribution is 5.93. The Kier molecular flexibility index (Phi) is 5.13. The average Bonchev–Trinajstić information content (AvgIpc) is 2.48. The number of hydrogen-bond acceptors (Lipinski definition) is 6. The van der Waals surface area contributed by atoms with E-state index in [0.29, 0.717) is 30.5 Å². The molecule has 0 aliphatic carbocycles. The van der Waals surface area contributed by atoms with Crippen molar-refractivity contribution in [2.75, 3.05) is 18.5 Å². The van der Waals surface area contributed by atoms with E-state index in [2.05, 4.69) is 15.3 Å². The fraction of sp³-hybridized carbons (Fsp3) is 0.267. The largest absolute Gasteiger partial charge is 0.478 e. The number of carbonyl (C=O) groups excluding carboxylic acids is 1. The van der Waals surface area contributed by atoms with Crippen molar-refractivity contribution in [1.29, 1.82) is 0 Å². The zero-order valence-electron chi connectivity index (χ0n) is 12.5. The summed E-state index contributed by atoms with van der Waals surface area (Å²) in [6.45, 7) is 4.68. The molecular weight excluding hydrogens is 284 g/mol. The third-order valence-corrected chi connectivity index (χ3v) is 2.69. The van der Waals surface area contributed by atoms with E-state index in [9.17, 15) is 4.79 Å². The van der Waals surface area contributed by atoms with Crippen LogP contribution in [0.3, 0.4) is 0 Å². The second-order valence-electron chi connectivity index (χ2n) is 4.31. The summed E-state index contributed by atoms with van der Waals surface area (Å²) in [5.74, 6) is 0.497. The molecule has 1 aromatic carbocycles. The van der Waals surface area contributed by atoms with Crippen LogP contribution < -0.4 is 20.5 Å². The number of ether oxygens (including phenoxy) is 2. The summed E-state index contributed by atoms with van der Waals surface area (Å²) in [5.41, 5.74) is 6.41. The van der Waals surface area contributed by atoms with Crippen molar-refractivity contribution in [2.24, 2.45) is 5.73 Å². The van der Waals surface area contributed by atoms with Crippen LogP contribution in [0.5, 0.6) is 11.9 Å². The van der Waals surface area contributed by atoms with Gasteiger partial charge < -0.3 is 20.5 Å². The van der Waals surface area contributed by atoms with Crippen LogP contribution in [0.1, 0.15) is 24.2 Å². The lowest BCUT2D eigenvalue weighted by Crippen LogP contribution is -2.10. The smallest absolute Gasteiger partial charge is 0.321 e. The number of nitrogens with zero attached hydrogens (tertiary/aromatic N) is 2. The van der Waals surface area contributed by atoms with Crippen molar-refractivity contribution < 1.29 is 14.3 Å². The molecule has 1 aromatic heterocycles. The summed E-state index contributed by atoms with van der Waals surface area (Å²) in [6, 6.07) is 8.67. The Balaban J connectivity index is 2.21. The SMILES string of the molecule is CCOc1cc(Nc2ccc(C(N)=O)cc2)nc(OCC)n1. The zero-order valence-corrected chi connectivity index (χ0v) is 12.5. The van der Waals surface area contributed by atoms with Crippen molar-refractivity contribution in [3.63, 3.8) is 0 Å². The lowest BCUT2D eigenvalue weighted by Gasteiger charge is -2.10. The van der Waals surface area contributed by atoms with Crippen LogP contribution in [0.2, 0.25) is 0 Å². The molecule has 0 aliphatic rings. The molecule has 0 aliphatic heterocycles. The van der Waals surface area contributed by atoms with E-state index in [1.807, 2.05) is 13.8 Å². The third kappa shape index (κ3) is 4.08. The molecule has 0 unspecified atom stereocenters. The van der Waals surface area contributed by atoms with Gasteiger partial charge in [-0.15, -0.1) is 0 Å². The highest BCUT2D eigenvalue weighted by Crippen LogP contribution is 2.21. The molecule has 2 aromatic rings. The molecule has 7 heteroatoms. The number of carbonyl (C=O) groups is 1. The third-order valence-electron chi connectivity index (χ3n) is 2.69. The Bertz CT molecular complexity index is 619. The first-order valence-electron chi connectivity index (χ1n) is 6.94.